The largest absolute Gasteiger partial charge is 0.465 e. The molecule has 1 unspecified atom stereocenters. The molecule has 1 atom stereocenters. The Morgan fingerprint density at radius 2 is 1.64 bits per heavy atom. The Morgan fingerprint density at radius 3 is 2.18 bits per heavy atom. The van der Waals surface area contributed by atoms with Gasteiger partial charge in [0.1, 0.15) is 6.54 Å². The van der Waals surface area contributed by atoms with Crippen molar-refractivity contribution in [1.29, 1.82) is 0 Å². The van der Waals surface area contributed by atoms with Crippen LogP contribution in [0.1, 0.15) is 23.6 Å². The van der Waals surface area contributed by atoms with E-state index in [9.17, 15) is 27.9 Å². The molecule has 28 heavy (non-hydrogen) atoms. The molecule has 0 aliphatic rings. The number of amides is 2. The summed E-state index contributed by atoms with van der Waals surface area (Å²) in [6.45, 7) is 1.45. The average molecular weight is 394 g/mol. The van der Waals surface area contributed by atoms with Gasteiger partial charge in [0.15, 0.2) is 0 Å². The van der Waals surface area contributed by atoms with Crippen molar-refractivity contribution in [3.63, 3.8) is 0 Å². The molecule has 0 saturated heterocycles. The number of hydrogen-bond acceptors (Lipinski definition) is 2. The summed E-state index contributed by atoms with van der Waals surface area (Å²) in [7, 11) is 0. The van der Waals surface area contributed by atoms with E-state index in [1.54, 1.807) is 31.2 Å². The van der Waals surface area contributed by atoms with Crippen LogP contribution in [0.5, 0.6) is 0 Å². The first-order valence-electron chi connectivity index (χ1n) is 8.62. The normalized spacial score (nSPS) is 12.3. The summed E-state index contributed by atoms with van der Waals surface area (Å²) in [6, 6.07) is 13.3. The van der Waals surface area contributed by atoms with Crippen LogP contribution >= 0.6 is 0 Å². The Kier molecular flexibility index (Phi) is 7.03. The minimum absolute atomic E-state index is 0.0802. The Hall–Kier alpha value is -3.03. The van der Waals surface area contributed by atoms with Crippen molar-refractivity contribution in [3.05, 3.63) is 71.3 Å². The lowest BCUT2D eigenvalue weighted by Gasteiger charge is -2.21. The molecule has 2 rings (SSSR count). The first-order valence-corrected chi connectivity index (χ1v) is 8.62. The fraction of sp³-hybridized carbons (Fsp3) is 0.300. The molecule has 0 radical (unpaired) electrons. The lowest BCUT2D eigenvalue weighted by molar-refractivity contribution is -0.137. The molecule has 0 fully saturated rings. The third-order valence-corrected chi connectivity index (χ3v) is 4.05. The van der Waals surface area contributed by atoms with Gasteiger partial charge in [0.05, 0.1) is 5.56 Å². The fourth-order valence-electron chi connectivity index (χ4n) is 2.72. The van der Waals surface area contributed by atoms with Crippen LogP contribution < -0.4 is 5.32 Å². The summed E-state index contributed by atoms with van der Waals surface area (Å²) in [5.41, 5.74) is 0.668. The first kappa shape index (κ1) is 21.3. The number of carboxylic acid groups (broad SMARTS) is 1. The highest BCUT2D eigenvalue weighted by molar-refractivity contribution is 5.82. The average Bonchev–Trinajstić information content (AvgIpc) is 2.61. The summed E-state index contributed by atoms with van der Waals surface area (Å²) >= 11 is 0. The molecule has 0 aliphatic carbocycles. The van der Waals surface area contributed by atoms with Crippen LogP contribution in [-0.4, -0.2) is 34.6 Å². The van der Waals surface area contributed by atoms with E-state index in [1.807, 2.05) is 6.07 Å². The predicted molar refractivity (Wildman–Crippen MR) is 97.6 cm³/mol. The molecule has 2 aromatic carbocycles. The van der Waals surface area contributed by atoms with Crippen LogP contribution in [0, 0.1) is 0 Å². The molecule has 0 aliphatic heterocycles. The maximum absolute atomic E-state index is 12.6. The highest BCUT2D eigenvalue weighted by atomic mass is 19.4. The van der Waals surface area contributed by atoms with E-state index in [0.717, 1.165) is 22.6 Å². The second-order valence-electron chi connectivity index (χ2n) is 6.49. The maximum atomic E-state index is 12.6. The smallest absolute Gasteiger partial charge is 0.416 e. The van der Waals surface area contributed by atoms with E-state index >= 15 is 0 Å². The Labute approximate surface area is 160 Å². The van der Waals surface area contributed by atoms with Gasteiger partial charge in [0.25, 0.3) is 0 Å². The van der Waals surface area contributed by atoms with Gasteiger partial charge in [-0.15, -0.1) is 0 Å². The third-order valence-electron chi connectivity index (χ3n) is 4.05. The van der Waals surface area contributed by atoms with E-state index in [-0.39, 0.29) is 19.1 Å². The highest BCUT2D eigenvalue weighted by Crippen LogP contribution is 2.29. The second kappa shape index (κ2) is 9.25. The Morgan fingerprint density at radius 1 is 1.04 bits per heavy atom. The van der Waals surface area contributed by atoms with Gasteiger partial charge in [0.2, 0.25) is 5.91 Å². The van der Waals surface area contributed by atoms with Gasteiger partial charge in [0, 0.05) is 12.6 Å². The number of rotatable bonds is 7. The van der Waals surface area contributed by atoms with Crippen molar-refractivity contribution in [3.8, 4) is 0 Å². The Bertz CT molecular complexity index is 793. The zero-order valence-corrected chi connectivity index (χ0v) is 15.2. The van der Waals surface area contributed by atoms with Gasteiger partial charge in [-0.2, -0.15) is 13.2 Å². The summed E-state index contributed by atoms with van der Waals surface area (Å²) in [4.78, 5) is 24.5. The molecule has 5 nitrogen and oxygen atoms in total. The molecule has 150 valence electrons. The lowest BCUT2D eigenvalue weighted by atomic mass is 10.0. The molecule has 0 spiro atoms. The van der Waals surface area contributed by atoms with Crippen LogP contribution in [-0.2, 0) is 23.9 Å². The fourth-order valence-corrected chi connectivity index (χ4v) is 2.72. The number of carbonyl (C=O) groups is 2. The zero-order chi connectivity index (χ0) is 20.7. The van der Waals surface area contributed by atoms with Crippen molar-refractivity contribution in [2.45, 2.75) is 32.1 Å². The molecule has 0 heterocycles. The van der Waals surface area contributed by atoms with Crippen molar-refractivity contribution < 1.29 is 27.9 Å². The first-order chi connectivity index (χ1) is 13.1. The van der Waals surface area contributed by atoms with Gasteiger partial charge in [-0.25, -0.2) is 4.79 Å². The quantitative estimate of drug-likeness (QED) is 0.748. The van der Waals surface area contributed by atoms with Crippen molar-refractivity contribution in [2.24, 2.45) is 0 Å². The number of nitrogens with one attached hydrogen (secondary N) is 1. The van der Waals surface area contributed by atoms with Crippen LogP contribution in [0.4, 0.5) is 18.0 Å². The maximum Gasteiger partial charge on any atom is 0.416 e. The van der Waals surface area contributed by atoms with E-state index in [0.29, 0.717) is 12.0 Å². The zero-order valence-electron chi connectivity index (χ0n) is 15.2. The SMILES string of the molecule is CC(Cc1ccc(C(F)(F)F)cc1)NC(=O)CN(Cc1ccccc1)C(=O)O. The highest BCUT2D eigenvalue weighted by Gasteiger charge is 2.30. The summed E-state index contributed by atoms with van der Waals surface area (Å²) in [5, 5.41) is 12.0. The number of hydrogen-bond donors (Lipinski definition) is 2. The summed E-state index contributed by atoms with van der Waals surface area (Å²) < 4.78 is 37.8. The molecule has 2 N–H and O–H groups in total. The number of nitrogens with zero attached hydrogens (tertiary/aromatic N) is 1. The standard InChI is InChI=1S/C20H21F3N2O3/c1-14(11-15-7-9-17(10-8-15)20(21,22)23)24-18(26)13-25(19(27)28)12-16-5-3-2-4-6-16/h2-10,14H,11-13H2,1H3,(H,24,26)(H,27,28). The molecular weight excluding hydrogens is 373 g/mol. The van der Waals surface area contributed by atoms with Crippen molar-refractivity contribution in [2.75, 3.05) is 6.54 Å². The number of benzene rings is 2. The summed E-state index contributed by atoms with van der Waals surface area (Å²) in [5.74, 6) is -0.474. The van der Waals surface area contributed by atoms with E-state index < -0.39 is 23.7 Å². The van der Waals surface area contributed by atoms with E-state index in [1.165, 1.54) is 12.1 Å². The van der Waals surface area contributed by atoms with Gasteiger partial charge < -0.3 is 10.4 Å². The molecule has 8 heteroatoms. The van der Waals surface area contributed by atoms with Gasteiger partial charge >= 0.3 is 12.3 Å². The van der Waals surface area contributed by atoms with Crippen LogP contribution in [0.15, 0.2) is 54.6 Å². The van der Waals surface area contributed by atoms with E-state index in [2.05, 4.69) is 5.32 Å². The van der Waals surface area contributed by atoms with Crippen molar-refractivity contribution in [1.82, 2.24) is 10.2 Å². The molecule has 0 bridgehead atoms. The van der Waals surface area contributed by atoms with Gasteiger partial charge in [-0.05, 0) is 36.6 Å². The minimum atomic E-state index is -4.39. The van der Waals surface area contributed by atoms with Crippen LogP contribution in [0.25, 0.3) is 0 Å². The molecule has 0 saturated carbocycles. The third kappa shape index (κ3) is 6.61. The van der Waals surface area contributed by atoms with Crippen molar-refractivity contribution >= 4 is 12.0 Å². The number of halogens is 3. The minimum Gasteiger partial charge on any atom is -0.465 e. The van der Waals surface area contributed by atoms with Gasteiger partial charge in [-0.3, -0.25) is 9.69 Å². The topological polar surface area (TPSA) is 69.6 Å². The van der Waals surface area contributed by atoms with Gasteiger partial charge in [-0.1, -0.05) is 42.5 Å². The molecule has 2 amide bonds. The molecule has 2 aromatic rings. The van der Waals surface area contributed by atoms with Crippen LogP contribution in [0.2, 0.25) is 0 Å². The monoisotopic (exact) mass is 394 g/mol. The van der Waals surface area contributed by atoms with E-state index in [4.69, 9.17) is 0 Å². The molecule has 0 aromatic heterocycles. The second-order valence-corrected chi connectivity index (χ2v) is 6.49. The number of carbonyl (C=O) groups excluding carboxylic acids is 1. The predicted octanol–water partition coefficient (Wildman–Crippen LogP) is 3.93. The summed E-state index contributed by atoms with van der Waals surface area (Å²) in [6.07, 6.45) is -5.28. The lowest BCUT2D eigenvalue weighted by Crippen LogP contribution is -2.43. The Balaban J connectivity index is 1.89. The van der Waals surface area contributed by atoms with Crippen LogP contribution in [0.3, 0.4) is 0 Å². The number of alkyl halides is 3. The molecular formula is C20H21F3N2O3.